The van der Waals surface area contributed by atoms with Crippen molar-refractivity contribution in [3.8, 4) is 0 Å². The number of rotatable bonds is 14. The van der Waals surface area contributed by atoms with Crippen LogP contribution in [0.4, 0.5) is 0 Å². The zero-order valence-corrected chi connectivity index (χ0v) is 29.6. The van der Waals surface area contributed by atoms with Crippen molar-refractivity contribution in [2.45, 2.75) is 0 Å². The monoisotopic (exact) mass is 672 g/mol. The lowest BCUT2D eigenvalue weighted by Crippen LogP contribution is -2.21. The van der Waals surface area contributed by atoms with Crippen LogP contribution in [0.3, 0.4) is 0 Å². The van der Waals surface area contributed by atoms with Gasteiger partial charge in [0.25, 0.3) is 0 Å². The summed E-state index contributed by atoms with van der Waals surface area (Å²) in [6.07, 6.45) is 3.76. The fourth-order valence-corrected chi connectivity index (χ4v) is 20.0. The lowest BCUT2D eigenvalue weighted by Gasteiger charge is -2.29. The molecule has 0 saturated heterocycles. The Labute approximate surface area is 278 Å². The van der Waals surface area contributed by atoms with Gasteiger partial charge in [-0.15, -0.1) is 0 Å². The van der Waals surface area contributed by atoms with Crippen molar-refractivity contribution >= 4 is 62.7 Å². The van der Waals surface area contributed by atoms with Crippen LogP contribution in [0.15, 0.2) is 182 Å². The molecule has 2 atom stereocenters. The van der Waals surface area contributed by atoms with Crippen molar-refractivity contribution in [2.75, 3.05) is 30.6 Å². The van der Waals surface area contributed by atoms with Gasteiger partial charge in [0.1, 0.15) is 7.14 Å². The summed E-state index contributed by atoms with van der Waals surface area (Å²) in [4.78, 5) is 0. The van der Waals surface area contributed by atoms with E-state index in [9.17, 15) is 0 Å². The summed E-state index contributed by atoms with van der Waals surface area (Å²) in [5.41, 5.74) is 0. The minimum atomic E-state index is -2.74. The van der Waals surface area contributed by atoms with E-state index in [0.29, 0.717) is 6.16 Å². The van der Waals surface area contributed by atoms with E-state index in [4.69, 9.17) is 0 Å². The van der Waals surface area contributed by atoms with Crippen molar-refractivity contribution in [3.05, 3.63) is 182 Å². The molecule has 0 aliphatic heterocycles. The summed E-state index contributed by atoms with van der Waals surface area (Å²) >= 11 is 0. The molecule has 0 aliphatic carbocycles. The molecule has 6 aromatic rings. The quantitative estimate of drug-likeness (QED) is 0.106. The molecule has 0 aromatic heterocycles. The molecule has 0 fully saturated rings. The van der Waals surface area contributed by atoms with E-state index in [2.05, 4.69) is 176 Å². The van der Waals surface area contributed by atoms with Gasteiger partial charge in [0, 0.05) is 17.4 Å². The Hall–Kier alpha value is -3.16. The van der Waals surface area contributed by atoms with Crippen molar-refractivity contribution in [1.82, 2.24) is 0 Å². The van der Waals surface area contributed by atoms with Crippen LogP contribution < -0.4 is 31.8 Å². The van der Waals surface area contributed by atoms with Gasteiger partial charge >= 0.3 is 0 Å². The van der Waals surface area contributed by atoms with E-state index in [0.717, 1.165) is 29.7 Å². The Morgan fingerprint density at radius 3 is 1.09 bits per heavy atom. The molecule has 0 amide bonds. The van der Waals surface area contributed by atoms with E-state index < -0.39 is 30.9 Å². The Balaban J connectivity index is 1.32. The molecule has 0 aliphatic rings. The van der Waals surface area contributed by atoms with E-state index in [-0.39, 0.29) is 0 Å². The maximum atomic E-state index is 15.6. The second-order valence-corrected chi connectivity index (χ2v) is 21.9. The van der Waals surface area contributed by atoms with Gasteiger partial charge in [-0.1, -0.05) is 190 Å². The van der Waals surface area contributed by atoms with Gasteiger partial charge in [-0.05, 0) is 60.9 Å². The normalized spacial score (nSPS) is 13.3. The summed E-state index contributed by atoms with van der Waals surface area (Å²) < 4.78 is 15.6. The molecule has 6 aromatic carbocycles. The third-order valence-electron chi connectivity index (χ3n) is 8.30. The molecular weight excluding hydrogens is 632 g/mol. The lowest BCUT2D eigenvalue weighted by atomic mass is 10.4. The maximum Gasteiger partial charge on any atom is 0.120 e. The molecule has 5 heteroatoms. The van der Waals surface area contributed by atoms with Gasteiger partial charge in [-0.25, -0.2) is 0 Å². The van der Waals surface area contributed by atoms with Crippen LogP contribution in [0.25, 0.3) is 0 Å². The van der Waals surface area contributed by atoms with E-state index in [1.54, 1.807) is 0 Å². The predicted octanol–water partition coefficient (Wildman–Crippen LogP) is 8.71. The van der Waals surface area contributed by atoms with E-state index in [1.807, 2.05) is 6.07 Å². The van der Waals surface area contributed by atoms with Gasteiger partial charge in [-0.2, -0.15) is 0 Å². The highest BCUT2D eigenvalue weighted by atomic mass is 31.2. The third kappa shape index (κ3) is 8.60. The largest absolute Gasteiger partial charge is 0.318 e. The summed E-state index contributed by atoms with van der Waals surface area (Å²) in [5.74, 6) is 0.746. The van der Waals surface area contributed by atoms with Gasteiger partial charge < -0.3 is 4.57 Å². The van der Waals surface area contributed by atoms with Crippen molar-refractivity contribution in [2.24, 2.45) is 0 Å². The first-order chi connectivity index (χ1) is 22.7. The minimum absolute atomic E-state index is 0.519. The highest BCUT2D eigenvalue weighted by Gasteiger charge is 2.31. The molecule has 46 heavy (non-hydrogen) atoms. The lowest BCUT2D eigenvalue weighted by molar-refractivity contribution is 0.585. The maximum absolute atomic E-state index is 15.6. The Bertz CT molecular complexity index is 1710. The summed E-state index contributed by atoms with van der Waals surface area (Å²) in [6.45, 7) is 0. The third-order valence-corrected chi connectivity index (χ3v) is 21.2. The average Bonchev–Trinajstić information content (AvgIpc) is 3.14. The van der Waals surface area contributed by atoms with Crippen LogP contribution in [0.5, 0.6) is 0 Å². The Morgan fingerprint density at radius 2 is 0.696 bits per heavy atom. The Kier molecular flexibility index (Phi) is 11.8. The molecule has 230 valence electrons. The van der Waals surface area contributed by atoms with Crippen LogP contribution in [0, 0.1) is 0 Å². The van der Waals surface area contributed by atoms with Gasteiger partial charge in [0.05, 0.1) is 0 Å². The topological polar surface area (TPSA) is 17.1 Å². The van der Waals surface area contributed by atoms with Crippen LogP contribution in [-0.2, 0) is 4.57 Å². The molecule has 2 unspecified atom stereocenters. The van der Waals surface area contributed by atoms with E-state index in [1.165, 1.54) is 26.5 Å². The van der Waals surface area contributed by atoms with Crippen LogP contribution in [-0.4, -0.2) is 30.6 Å². The first-order valence-corrected chi connectivity index (χ1v) is 22.7. The molecule has 0 radical (unpaired) electrons. The molecule has 0 bridgehead atoms. The zero-order valence-electron chi connectivity index (χ0n) is 26.1. The molecule has 0 spiro atoms. The summed E-state index contributed by atoms with van der Waals surface area (Å²) in [7, 11) is -4.54. The fraction of sp³-hybridized carbons (Fsp3) is 0.122. The standard InChI is InChI=1S/C41H40OP4/c42-46(41-29-17-6-18-30-41,34-33-45(39-25-13-4-14-26-39)40-27-15-5-16-28-40)35-43(36-19-7-1-8-20-36)31-32-44(37-21-9-2-10-22-37)38-23-11-3-12-24-38/h1-30H,31-35H2. The number of hydrogen-bond donors (Lipinski definition) is 0. The molecule has 1 nitrogen and oxygen atoms in total. The highest BCUT2D eigenvalue weighted by molar-refractivity contribution is 7.86. The second-order valence-electron chi connectivity index (χ2n) is 11.3. The number of benzene rings is 6. The predicted molar refractivity (Wildman–Crippen MR) is 209 cm³/mol. The van der Waals surface area contributed by atoms with Crippen LogP contribution >= 0.6 is 30.9 Å². The molecule has 0 N–H and O–H groups in total. The molecule has 6 rings (SSSR count). The van der Waals surface area contributed by atoms with Crippen molar-refractivity contribution in [3.63, 3.8) is 0 Å². The molecule has 0 saturated carbocycles. The molecular formula is C41H40OP4. The Morgan fingerprint density at radius 1 is 0.370 bits per heavy atom. The summed E-state index contributed by atoms with van der Waals surface area (Å²) in [6, 6.07) is 65.1. The van der Waals surface area contributed by atoms with Crippen molar-refractivity contribution in [1.29, 1.82) is 0 Å². The smallest absolute Gasteiger partial charge is 0.120 e. The number of hydrogen-bond acceptors (Lipinski definition) is 1. The zero-order chi connectivity index (χ0) is 31.4. The summed E-state index contributed by atoms with van der Waals surface area (Å²) in [5, 5.41) is 7.92. The van der Waals surface area contributed by atoms with Crippen molar-refractivity contribution < 1.29 is 4.57 Å². The first kappa shape index (κ1) is 32.8. The average molecular weight is 673 g/mol. The van der Waals surface area contributed by atoms with Gasteiger partial charge in [-0.3, -0.25) is 0 Å². The first-order valence-electron chi connectivity index (χ1n) is 15.9. The minimum Gasteiger partial charge on any atom is -0.318 e. The highest BCUT2D eigenvalue weighted by Crippen LogP contribution is 2.58. The fourth-order valence-electron chi connectivity index (χ4n) is 5.91. The van der Waals surface area contributed by atoms with E-state index >= 15 is 4.57 Å². The SMILES string of the molecule is O=P(CCP(c1ccccc1)c1ccccc1)(CP(CCP(c1ccccc1)c1ccccc1)c1ccccc1)c1ccccc1. The second kappa shape index (κ2) is 16.6. The van der Waals surface area contributed by atoms with Crippen LogP contribution in [0.1, 0.15) is 0 Å². The van der Waals surface area contributed by atoms with Gasteiger partial charge in [0.2, 0.25) is 0 Å². The van der Waals surface area contributed by atoms with Crippen LogP contribution in [0.2, 0.25) is 0 Å². The van der Waals surface area contributed by atoms with Gasteiger partial charge in [0.15, 0.2) is 0 Å². The molecule has 0 heterocycles.